The van der Waals surface area contributed by atoms with Crippen LogP contribution in [0.5, 0.6) is 0 Å². The lowest BCUT2D eigenvalue weighted by molar-refractivity contribution is 0.691. The van der Waals surface area contributed by atoms with Crippen LogP contribution in [-0.4, -0.2) is 5.25 Å². The summed E-state index contributed by atoms with van der Waals surface area (Å²) in [5, 5.41) is 3.23. The van der Waals surface area contributed by atoms with E-state index >= 15 is 0 Å². The zero-order valence-electron chi connectivity index (χ0n) is 8.71. The number of hydrogen-bond donors (Lipinski definition) is 0. The van der Waals surface area contributed by atoms with Gasteiger partial charge in [-0.05, 0) is 30.2 Å². The quantitative estimate of drug-likeness (QED) is 0.572. The van der Waals surface area contributed by atoms with Crippen molar-refractivity contribution in [1.29, 1.82) is 0 Å². The maximum atomic E-state index is 2.39. The summed E-state index contributed by atoms with van der Waals surface area (Å²) >= 11 is 0. The third-order valence-corrected chi connectivity index (χ3v) is 5.02. The van der Waals surface area contributed by atoms with E-state index in [2.05, 4.69) is 30.0 Å². The van der Waals surface area contributed by atoms with Crippen LogP contribution in [0.3, 0.4) is 0 Å². The third kappa shape index (κ3) is 3.99. The molecule has 13 heavy (non-hydrogen) atoms. The van der Waals surface area contributed by atoms with Crippen LogP contribution in [0.1, 0.15) is 52.4 Å². The number of unbranched alkanes of at least 4 members (excludes halogenated alkanes) is 2. The summed E-state index contributed by atoms with van der Waals surface area (Å²) < 4.78 is 0. The summed E-state index contributed by atoms with van der Waals surface area (Å²) in [5.74, 6) is 0. The van der Waals surface area contributed by atoms with Gasteiger partial charge in [-0.2, -0.15) is 0 Å². The van der Waals surface area contributed by atoms with Gasteiger partial charge >= 0.3 is 0 Å². The van der Waals surface area contributed by atoms with Crippen molar-refractivity contribution in [2.45, 2.75) is 57.6 Å². The van der Waals surface area contributed by atoms with E-state index in [0.29, 0.717) is 0 Å². The van der Waals surface area contributed by atoms with Gasteiger partial charge in [0, 0.05) is 5.25 Å². The molecule has 0 fully saturated rings. The topological polar surface area (TPSA) is 0 Å². The molecular weight excluding hydrogens is 196 g/mol. The Morgan fingerprint density at radius 3 is 2.69 bits per heavy atom. The van der Waals surface area contributed by atoms with Gasteiger partial charge in [-0.3, -0.25) is 0 Å². The zero-order valence-corrected chi connectivity index (χ0v) is 10.3. The van der Waals surface area contributed by atoms with Crippen LogP contribution in [0, 0.1) is 0 Å². The summed E-state index contributed by atoms with van der Waals surface area (Å²) in [7, 11) is 4.01. The molecule has 0 radical (unpaired) electrons. The van der Waals surface area contributed by atoms with E-state index in [0.717, 1.165) is 5.25 Å². The molecule has 0 aromatic rings. The van der Waals surface area contributed by atoms with Gasteiger partial charge in [0.05, 0.1) is 0 Å². The van der Waals surface area contributed by atoms with Crippen LogP contribution in [0.2, 0.25) is 0 Å². The molecule has 0 amide bonds. The molecule has 0 bridgehead atoms. The van der Waals surface area contributed by atoms with Crippen LogP contribution in [0.25, 0.3) is 0 Å². The van der Waals surface area contributed by atoms with Gasteiger partial charge in [0.15, 0.2) is 0 Å². The van der Waals surface area contributed by atoms with E-state index < -0.39 is 0 Å². The zero-order chi connectivity index (χ0) is 9.52. The molecule has 0 nitrogen and oxygen atoms in total. The summed E-state index contributed by atoms with van der Waals surface area (Å²) in [5.41, 5.74) is 1.71. The van der Waals surface area contributed by atoms with E-state index in [-0.39, 0.29) is 0 Å². The molecule has 1 heterocycles. The average Bonchev–Trinajstić information content (AvgIpc) is 2.59. The predicted molar refractivity (Wildman–Crippen MR) is 66.1 cm³/mol. The van der Waals surface area contributed by atoms with Crippen LogP contribution in [0.4, 0.5) is 0 Å². The minimum atomic E-state index is 0.844. The van der Waals surface area contributed by atoms with Gasteiger partial charge in [0.1, 0.15) is 0 Å². The standard InChI is InChI=1S/C11H20S2/c1-3-5-7-10-9-12-13-11(10)8-6-4-2/h9,11H,3-8H2,1-2H3. The molecule has 0 N–H and O–H groups in total. The molecule has 0 saturated heterocycles. The molecule has 1 rings (SSSR count). The molecule has 1 aliphatic heterocycles. The van der Waals surface area contributed by atoms with Crippen molar-refractivity contribution >= 4 is 21.6 Å². The summed E-state index contributed by atoms with van der Waals surface area (Å²) in [4.78, 5) is 0. The third-order valence-electron chi connectivity index (χ3n) is 2.42. The molecule has 0 saturated carbocycles. The van der Waals surface area contributed by atoms with E-state index in [9.17, 15) is 0 Å². The maximum absolute atomic E-state index is 2.39. The molecule has 1 aliphatic rings. The first kappa shape index (κ1) is 11.5. The molecule has 0 aromatic carbocycles. The maximum Gasteiger partial charge on any atom is 0.0371 e. The molecule has 0 spiro atoms. The average molecular weight is 216 g/mol. The van der Waals surface area contributed by atoms with Crippen molar-refractivity contribution < 1.29 is 0 Å². The lowest BCUT2D eigenvalue weighted by atomic mass is 10.0. The highest BCUT2D eigenvalue weighted by atomic mass is 33.1. The van der Waals surface area contributed by atoms with Crippen molar-refractivity contribution in [3.05, 3.63) is 11.0 Å². The van der Waals surface area contributed by atoms with Crippen molar-refractivity contribution in [1.82, 2.24) is 0 Å². The monoisotopic (exact) mass is 216 g/mol. The van der Waals surface area contributed by atoms with Gasteiger partial charge in [0.25, 0.3) is 0 Å². The number of hydrogen-bond acceptors (Lipinski definition) is 2. The second-order valence-electron chi connectivity index (χ2n) is 3.62. The summed E-state index contributed by atoms with van der Waals surface area (Å²) in [6.07, 6.45) is 8.15. The normalized spacial score (nSPS) is 22.0. The number of rotatable bonds is 6. The highest BCUT2D eigenvalue weighted by Crippen LogP contribution is 2.44. The van der Waals surface area contributed by atoms with Crippen LogP contribution >= 0.6 is 21.6 Å². The Bertz CT molecular complexity index is 163. The van der Waals surface area contributed by atoms with Crippen LogP contribution < -0.4 is 0 Å². The molecule has 0 aromatic heterocycles. The van der Waals surface area contributed by atoms with E-state index in [1.54, 1.807) is 5.57 Å². The molecule has 0 aliphatic carbocycles. The van der Waals surface area contributed by atoms with Crippen molar-refractivity contribution in [3.8, 4) is 0 Å². The largest absolute Gasteiger partial charge is 0.0816 e. The van der Waals surface area contributed by atoms with Gasteiger partial charge in [-0.15, -0.1) is 0 Å². The highest BCUT2D eigenvalue weighted by molar-refractivity contribution is 8.78. The van der Waals surface area contributed by atoms with Gasteiger partial charge in [-0.1, -0.05) is 54.7 Å². The SMILES string of the molecule is CCCCC1=CSSC1CCCC. The summed E-state index contributed by atoms with van der Waals surface area (Å²) in [6, 6.07) is 0. The molecule has 2 heteroatoms. The molecule has 1 unspecified atom stereocenters. The fourth-order valence-corrected chi connectivity index (χ4v) is 4.37. The van der Waals surface area contributed by atoms with Crippen LogP contribution in [0.15, 0.2) is 11.0 Å². The Hall–Kier alpha value is 0.440. The van der Waals surface area contributed by atoms with E-state index in [1.807, 2.05) is 10.8 Å². The lowest BCUT2D eigenvalue weighted by Gasteiger charge is -2.12. The molecule has 1 atom stereocenters. The Morgan fingerprint density at radius 1 is 1.23 bits per heavy atom. The second-order valence-corrected chi connectivity index (χ2v) is 5.96. The first-order valence-electron chi connectivity index (χ1n) is 5.39. The predicted octanol–water partition coefficient (Wildman–Crippen LogP) is 5.01. The Balaban J connectivity index is 2.25. The lowest BCUT2D eigenvalue weighted by Crippen LogP contribution is -2.02. The van der Waals surface area contributed by atoms with Crippen LogP contribution in [-0.2, 0) is 0 Å². The second kappa shape index (κ2) is 6.83. The van der Waals surface area contributed by atoms with Gasteiger partial charge < -0.3 is 0 Å². The van der Waals surface area contributed by atoms with E-state index in [4.69, 9.17) is 0 Å². The van der Waals surface area contributed by atoms with Crippen molar-refractivity contribution in [3.63, 3.8) is 0 Å². The van der Waals surface area contributed by atoms with E-state index in [1.165, 1.54) is 38.5 Å². The Labute approximate surface area is 90.3 Å². The first-order valence-corrected chi connectivity index (χ1v) is 7.67. The Morgan fingerprint density at radius 2 is 2.00 bits per heavy atom. The Kier molecular flexibility index (Phi) is 6.05. The first-order chi connectivity index (χ1) is 6.38. The fourth-order valence-electron chi connectivity index (χ4n) is 1.52. The van der Waals surface area contributed by atoms with Crippen molar-refractivity contribution in [2.24, 2.45) is 0 Å². The molecular formula is C11H20S2. The van der Waals surface area contributed by atoms with Gasteiger partial charge in [0.2, 0.25) is 0 Å². The smallest absolute Gasteiger partial charge is 0.0371 e. The molecule has 76 valence electrons. The summed E-state index contributed by atoms with van der Waals surface area (Å²) in [6.45, 7) is 4.55. The highest BCUT2D eigenvalue weighted by Gasteiger charge is 2.19. The van der Waals surface area contributed by atoms with Gasteiger partial charge in [-0.25, -0.2) is 0 Å². The fraction of sp³-hybridized carbons (Fsp3) is 0.818. The minimum Gasteiger partial charge on any atom is -0.0816 e. The van der Waals surface area contributed by atoms with Crippen molar-refractivity contribution in [2.75, 3.05) is 0 Å². The minimum absolute atomic E-state index is 0.844.